The SMILES string of the molecule is CCOC(=O)c1nn(-c2ccc(Cl)cc2Cl)c(C2=CC=C(Br)[SeH2]2)c1C. The van der Waals surface area contributed by atoms with E-state index in [1.165, 1.54) is 7.85 Å². The molecule has 0 N–H and O–H groups in total. The van der Waals surface area contributed by atoms with Crippen LogP contribution in [0.5, 0.6) is 0 Å². The van der Waals surface area contributed by atoms with Crippen molar-refractivity contribution in [3.63, 3.8) is 0 Å². The van der Waals surface area contributed by atoms with Gasteiger partial charge in [0.05, 0.1) is 0 Å². The second-order valence-corrected chi connectivity index (χ2v) is 11.3. The molecule has 0 saturated heterocycles. The Bertz CT molecular complexity index is 922. The predicted octanol–water partition coefficient (Wildman–Crippen LogP) is 4.42. The van der Waals surface area contributed by atoms with E-state index in [1.807, 2.05) is 13.0 Å². The summed E-state index contributed by atoms with van der Waals surface area (Å²) in [4.78, 5) is 12.3. The minimum atomic E-state index is -0.513. The van der Waals surface area contributed by atoms with Gasteiger partial charge in [0, 0.05) is 0 Å². The molecule has 132 valence electrons. The number of benzene rings is 1. The Hall–Kier alpha value is -1.04. The van der Waals surface area contributed by atoms with Gasteiger partial charge in [-0.05, 0) is 0 Å². The fraction of sp³-hybridized carbons (Fsp3) is 0.176. The van der Waals surface area contributed by atoms with E-state index in [0.29, 0.717) is 28.0 Å². The van der Waals surface area contributed by atoms with Crippen molar-refractivity contribution in [2.24, 2.45) is 0 Å². The molecule has 1 aromatic heterocycles. The first-order chi connectivity index (χ1) is 11.9. The topological polar surface area (TPSA) is 44.1 Å². The zero-order valence-electron chi connectivity index (χ0n) is 13.4. The summed E-state index contributed by atoms with van der Waals surface area (Å²) in [6.45, 7) is 3.95. The summed E-state index contributed by atoms with van der Waals surface area (Å²) >= 11 is 15.4. The first kappa shape index (κ1) is 18.7. The Morgan fingerprint density at radius 2 is 2.12 bits per heavy atom. The van der Waals surface area contributed by atoms with E-state index >= 15 is 0 Å². The van der Waals surface area contributed by atoms with Crippen LogP contribution in [-0.4, -0.2) is 37.3 Å². The fourth-order valence-electron chi connectivity index (χ4n) is 2.54. The van der Waals surface area contributed by atoms with E-state index < -0.39 is 20.9 Å². The van der Waals surface area contributed by atoms with E-state index in [-0.39, 0.29) is 0 Å². The summed E-state index contributed by atoms with van der Waals surface area (Å²) in [5.74, 6) is -0.435. The summed E-state index contributed by atoms with van der Waals surface area (Å²) in [5.41, 5.74) is 2.65. The molecule has 0 atom stereocenters. The summed E-state index contributed by atoms with van der Waals surface area (Å²) in [6, 6.07) is 5.21. The quantitative estimate of drug-likeness (QED) is 0.453. The van der Waals surface area contributed by atoms with Crippen LogP contribution in [0.15, 0.2) is 33.7 Å². The molecule has 0 bridgehead atoms. The van der Waals surface area contributed by atoms with Gasteiger partial charge in [-0.3, -0.25) is 0 Å². The molecule has 1 aromatic carbocycles. The van der Waals surface area contributed by atoms with Gasteiger partial charge in [0.25, 0.3) is 0 Å². The molecule has 8 heteroatoms. The van der Waals surface area contributed by atoms with Gasteiger partial charge in [0.15, 0.2) is 0 Å². The summed E-state index contributed by atoms with van der Waals surface area (Å²) in [5, 5.41) is 5.53. The molecule has 2 aromatic rings. The molecule has 1 aliphatic heterocycles. The van der Waals surface area contributed by atoms with Crippen LogP contribution in [0, 0.1) is 6.92 Å². The van der Waals surface area contributed by atoms with E-state index in [4.69, 9.17) is 27.9 Å². The summed E-state index contributed by atoms with van der Waals surface area (Å²) < 4.78 is 9.22. The molecular formula is C17H15BrCl2N2O2Se. The molecule has 0 aliphatic carbocycles. The first-order valence-corrected chi connectivity index (χ1v) is 11.1. The number of halogens is 3. The second kappa shape index (κ2) is 7.68. The van der Waals surface area contributed by atoms with Crippen molar-refractivity contribution in [1.29, 1.82) is 0 Å². The molecule has 3 rings (SSSR count). The van der Waals surface area contributed by atoms with E-state index in [2.05, 4.69) is 27.1 Å². The number of esters is 1. The second-order valence-electron chi connectivity index (χ2n) is 5.27. The van der Waals surface area contributed by atoms with Crippen LogP contribution in [0.2, 0.25) is 10.0 Å². The fourth-order valence-corrected chi connectivity index (χ4v) is 6.37. The predicted molar refractivity (Wildman–Crippen MR) is 108 cm³/mol. The summed E-state index contributed by atoms with van der Waals surface area (Å²) in [7, 11) is 0. The van der Waals surface area contributed by atoms with Crippen molar-refractivity contribution in [3.8, 4) is 5.69 Å². The van der Waals surface area contributed by atoms with Gasteiger partial charge in [0.2, 0.25) is 0 Å². The third kappa shape index (κ3) is 3.74. The van der Waals surface area contributed by atoms with Crippen LogP contribution >= 0.6 is 39.1 Å². The molecule has 0 fully saturated rings. The van der Waals surface area contributed by atoms with Crippen LogP contribution < -0.4 is 0 Å². The van der Waals surface area contributed by atoms with Crippen LogP contribution in [0.1, 0.15) is 28.7 Å². The molecule has 0 unspecified atom stereocenters. The molecule has 2 heterocycles. The number of carbonyl (C=O) groups excluding carboxylic acids is 1. The van der Waals surface area contributed by atoms with E-state index in [9.17, 15) is 4.79 Å². The van der Waals surface area contributed by atoms with Crippen molar-refractivity contribution in [3.05, 3.63) is 60.7 Å². The molecule has 0 saturated carbocycles. The first-order valence-electron chi connectivity index (χ1n) is 7.49. The van der Waals surface area contributed by atoms with Crippen LogP contribution in [0.25, 0.3) is 10.2 Å². The molecule has 0 spiro atoms. The Morgan fingerprint density at radius 3 is 2.72 bits per heavy atom. The van der Waals surface area contributed by atoms with Gasteiger partial charge in [-0.1, -0.05) is 0 Å². The van der Waals surface area contributed by atoms with Gasteiger partial charge in [-0.15, -0.1) is 0 Å². The molecular weight excluding hydrogens is 494 g/mol. The van der Waals surface area contributed by atoms with Gasteiger partial charge >= 0.3 is 171 Å². The maximum absolute atomic E-state index is 12.3. The van der Waals surface area contributed by atoms with Crippen LogP contribution in [0.3, 0.4) is 0 Å². The van der Waals surface area contributed by atoms with Crippen molar-refractivity contribution < 1.29 is 9.53 Å². The number of hydrogen-bond acceptors (Lipinski definition) is 3. The molecule has 0 amide bonds. The van der Waals surface area contributed by atoms with E-state index in [1.54, 1.807) is 29.8 Å². The standard InChI is InChI=1S/C17H15BrCl2N2O2Se/c1-3-24-17(23)15-9(2)16(13-6-7-14(18)25-13)22(21-15)12-5-4-10(19)8-11(12)20/h4-8H,3,25H2,1-2H3. The zero-order chi connectivity index (χ0) is 18.1. The number of carbonyl (C=O) groups is 1. The average Bonchev–Trinajstić information content (AvgIpc) is 3.11. The Balaban J connectivity index is 2.19. The number of allylic oxidation sites excluding steroid dienone is 2. The molecule has 25 heavy (non-hydrogen) atoms. The molecule has 0 radical (unpaired) electrons. The van der Waals surface area contributed by atoms with Crippen molar-refractivity contribution in [1.82, 2.24) is 9.78 Å². The number of rotatable bonds is 4. The number of aromatic nitrogens is 2. The van der Waals surface area contributed by atoms with Gasteiger partial charge in [-0.25, -0.2) is 0 Å². The van der Waals surface area contributed by atoms with Crippen LogP contribution in [-0.2, 0) is 4.74 Å². The number of ether oxygens (including phenoxy) is 1. The third-order valence-corrected chi connectivity index (χ3v) is 7.73. The third-order valence-electron chi connectivity index (χ3n) is 3.63. The van der Waals surface area contributed by atoms with E-state index in [0.717, 1.165) is 11.3 Å². The van der Waals surface area contributed by atoms with Crippen molar-refractivity contribution in [2.45, 2.75) is 13.8 Å². The molecule has 1 aliphatic rings. The Kier molecular flexibility index (Phi) is 5.76. The van der Waals surface area contributed by atoms with Crippen molar-refractivity contribution >= 4 is 64.5 Å². The van der Waals surface area contributed by atoms with Crippen LogP contribution in [0.4, 0.5) is 0 Å². The van der Waals surface area contributed by atoms with Gasteiger partial charge in [0.1, 0.15) is 0 Å². The number of hydrogen-bond donors (Lipinski definition) is 0. The van der Waals surface area contributed by atoms with Gasteiger partial charge in [-0.2, -0.15) is 0 Å². The molecule has 4 nitrogen and oxygen atoms in total. The summed E-state index contributed by atoms with van der Waals surface area (Å²) in [6.07, 6.45) is 4.10. The number of nitrogens with zero attached hydrogens (tertiary/aromatic N) is 2. The Morgan fingerprint density at radius 1 is 1.36 bits per heavy atom. The Labute approximate surface area is 170 Å². The minimum absolute atomic E-state index is 0.297. The van der Waals surface area contributed by atoms with Crippen molar-refractivity contribution in [2.75, 3.05) is 6.61 Å². The zero-order valence-corrected chi connectivity index (χ0v) is 18.6. The maximum atomic E-state index is 12.3. The normalized spacial score (nSPS) is 15.2. The monoisotopic (exact) mass is 508 g/mol. The van der Waals surface area contributed by atoms with Gasteiger partial charge < -0.3 is 0 Å². The average molecular weight is 509 g/mol.